The lowest BCUT2D eigenvalue weighted by Crippen LogP contribution is -2.19. The first kappa shape index (κ1) is 11.1. The number of aryl methyl sites for hydroxylation is 1. The predicted molar refractivity (Wildman–Crippen MR) is 68.3 cm³/mol. The molecule has 0 aliphatic heterocycles. The fraction of sp³-hybridized carbons (Fsp3) is 0.357. The molecule has 0 aliphatic carbocycles. The number of nitrogens with zero attached hydrogens (tertiary/aromatic N) is 1. The van der Waals surface area contributed by atoms with Crippen molar-refractivity contribution in [2.24, 2.45) is 5.73 Å². The first-order chi connectivity index (χ1) is 7.81. The molecule has 0 aliphatic rings. The summed E-state index contributed by atoms with van der Waals surface area (Å²) in [5.41, 5.74) is 8.38. The van der Waals surface area contributed by atoms with Gasteiger partial charge in [-0.1, -0.05) is 25.1 Å². The molecule has 0 bridgehead atoms. The highest BCUT2D eigenvalue weighted by molar-refractivity contribution is 5.81. The van der Waals surface area contributed by atoms with Gasteiger partial charge in [0.25, 0.3) is 0 Å². The maximum atomic E-state index is 5.95. The van der Waals surface area contributed by atoms with Gasteiger partial charge in [0, 0.05) is 17.6 Å². The SMILES string of the molecule is CCC(N)CCc1cccc2ncccc12. The molecule has 2 aromatic rings. The molecule has 1 unspecified atom stereocenters. The molecule has 0 saturated carbocycles. The van der Waals surface area contributed by atoms with Gasteiger partial charge in [0.2, 0.25) is 0 Å². The van der Waals surface area contributed by atoms with Crippen LogP contribution in [0.5, 0.6) is 0 Å². The van der Waals surface area contributed by atoms with Crippen LogP contribution >= 0.6 is 0 Å². The van der Waals surface area contributed by atoms with E-state index in [1.165, 1.54) is 10.9 Å². The molecule has 1 atom stereocenters. The lowest BCUT2D eigenvalue weighted by Gasteiger charge is -2.10. The van der Waals surface area contributed by atoms with E-state index in [1.807, 2.05) is 12.3 Å². The van der Waals surface area contributed by atoms with Gasteiger partial charge in [-0.25, -0.2) is 0 Å². The Balaban J connectivity index is 2.23. The van der Waals surface area contributed by atoms with E-state index in [4.69, 9.17) is 5.73 Å². The molecule has 0 saturated heterocycles. The van der Waals surface area contributed by atoms with E-state index in [-0.39, 0.29) is 0 Å². The minimum Gasteiger partial charge on any atom is -0.328 e. The Morgan fingerprint density at radius 3 is 2.94 bits per heavy atom. The van der Waals surface area contributed by atoms with Gasteiger partial charge >= 0.3 is 0 Å². The smallest absolute Gasteiger partial charge is 0.0704 e. The lowest BCUT2D eigenvalue weighted by atomic mass is 10.0. The number of hydrogen-bond donors (Lipinski definition) is 1. The fourth-order valence-corrected chi connectivity index (χ4v) is 1.93. The molecule has 0 fully saturated rings. The van der Waals surface area contributed by atoms with Crippen LogP contribution in [0, 0.1) is 0 Å². The maximum Gasteiger partial charge on any atom is 0.0704 e. The first-order valence-corrected chi connectivity index (χ1v) is 5.89. The van der Waals surface area contributed by atoms with Crippen molar-refractivity contribution in [3.05, 3.63) is 42.1 Å². The topological polar surface area (TPSA) is 38.9 Å². The highest BCUT2D eigenvalue weighted by Crippen LogP contribution is 2.18. The van der Waals surface area contributed by atoms with Crippen LogP contribution in [0.25, 0.3) is 10.9 Å². The van der Waals surface area contributed by atoms with Crippen LogP contribution in [0.15, 0.2) is 36.5 Å². The van der Waals surface area contributed by atoms with Crippen LogP contribution in [0.2, 0.25) is 0 Å². The molecular formula is C14H18N2. The monoisotopic (exact) mass is 214 g/mol. The summed E-state index contributed by atoms with van der Waals surface area (Å²) in [6.45, 7) is 2.13. The third kappa shape index (κ3) is 2.39. The molecule has 0 radical (unpaired) electrons. The molecule has 84 valence electrons. The van der Waals surface area contributed by atoms with Crippen molar-refractivity contribution in [1.82, 2.24) is 4.98 Å². The van der Waals surface area contributed by atoms with Crippen LogP contribution in [0.4, 0.5) is 0 Å². The summed E-state index contributed by atoms with van der Waals surface area (Å²) in [5, 5.41) is 1.26. The van der Waals surface area contributed by atoms with Gasteiger partial charge in [-0.3, -0.25) is 4.98 Å². The number of rotatable bonds is 4. The minimum absolute atomic E-state index is 0.312. The minimum atomic E-state index is 0.312. The van der Waals surface area contributed by atoms with Crippen LogP contribution in [-0.2, 0) is 6.42 Å². The molecule has 16 heavy (non-hydrogen) atoms. The Bertz CT molecular complexity index is 460. The van der Waals surface area contributed by atoms with Gasteiger partial charge in [-0.15, -0.1) is 0 Å². The normalized spacial score (nSPS) is 12.9. The molecule has 0 amide bonds. The summed E-state index contributed by atoms with van der Waals surface area (Å²) in [6.07, 6.45) is 4.97. The maximum absolute atomic E-state index is 5.95. The summed E-state index contributed by atoms with van der Waals surface area (Å²) in [4.78, 5) is 4.36. The zero-order chi connectivity index (χ0) is 11.4. The van der Waals surface area contributed by atoms with Gasteiger partial charge < -0.3 is 5.73 Å². The predicted octanol–water partition coefficient (Wildman–Crippen LogP) is 2.90. The first-order valence-electron chi connectivity index (χ1n) is 5.89. The summed E-state index contributed by atoms with van der Waals surface area (Å²) in [5.74, 6) is 0. The fourth-order valence-electron chi connectivity index (χ4n) is 1.93. The average molecular weight is 214 g/mol. The van der Waals surface area contributed by atoms with E-state index >= 15 is 0 Å². The van der Waals surface area contributed by atoms with Crippen LogP contribution < -0.4 is 5.73 Å². The third-order valence-electron chi connectivity index (χ3n) is 3.04. The quantitative estimate of drug-likeness (QED) is 0.850. The molecule has 0 spiro atoms. The largest absolute Gasteiger partial charge is 0.328 e. The third-order valence-corrected chi connectivity index (χ3v) is 3.04. The molecule has 1 aromatic heterocycles. The van der Waals surface area contributed by atoms with E-state index in [2.05, 4.69) is 36.2 Å². The molecule has 2 rings (SSSR count). The van der Waals surface area contributed by atoms with Crippen LogP contribution in [0.3, 0.4) is 0 Å². The van der Waals surface area contributed by atoms with Crippen LogP contribution in [0.1, 0.15) is 25.3 Å². The Hall–Kier alpha value is -1.41. The lowest BCUT2D eigenvalue weighted by molar-refractivity contribution is 0.597. The van der Waals surface area contributed by atoms with Gasteiger partial charge in [-0.05, 0) is 37.0 Å². The van der Waals surface area contributed by atoms with Crippen molar-refractivity contribution in [2.45, 2.75) is 32.2 Å². The molecule has 1 heterocycles. The number of aromatic nitrogens is 1. The summed E-state index contributed by atoms with van der Waals surface area (Å²) in [6, 6.07) is 10.7. The standard InChI is InChI=1S/C14H18N2/c1-2-12(15)9-8-11-5-3-7-14-13(11)6-4-10-16-14/h3-7,10,12H,2,8-9,15H2,1H3. The molecule has 2 N–H and O–H groups in total. The van der Waals surface area contributed by atoms with Crippen LogP contribution in [-0.4, -0.2) is 11.0 Å². The summed E-state index contributed by atoms with van der Waals surface area (Å²) < 4.78 is 0. The highest BCUT2D eigenvalue weighted by Gasteiger charge is 2.03. The van der Waals surface area contributed by atoms with Crippen molar-refractivity contribution in [3.63, 3.8) is 0 Å². The Morgan fingerprint density at radius 2 is 2.12 bits per heavy atom. The Kier molecular flexibility index (Phi) is 3.52. The van der Waals surface area contributed by atoms with Gasteiger partial charge in [0.05, 0.1) is 5.52 Å². The second-order valence-corrected chi connectivity index (χ2v) is 4.19. The molecule has 2 nitrogen and oxygen atoms in total. The molecule has 1 aromatic carbocycles. The Labute approximate surface area is 96.5 Å². The van der Waals surface area contributed by atoms with Crippen molar-refractivity contribution in [1.29, 1.82) is 0 Å². The van der Waals surface area contributed by atoms with Gasteiger partial charge in [0.15, 0.2) is 0 Å². The van der Waals surface area contributed by atoms with E-state index in [1.54, 1.807) is 0 Å². The molecule has 2 heteroatoms. The van der Waals surface area contributed by atoms with Crippen molar-refractivity contribution < 1.29 is 0 Å². The van der Waals surface area contributed by atoms with Crippen molar-refractivity contribution in [2.75, 3.05) is 0 Å². The number of pyridine rings is 1. The molecular weight excluding hydrogens is 196 g/mol. The number of fused-ring (bicyclic) bond motifs is 1. The van der Waals surface area contributed by atoms with E-state index < -0.39 is 0 Å². The van der Waals surface area contributed by atoms with Gasteiger partial charge in [0.1, 0.15) is 0 Å². The van der Waals surface area contributed by atoms with Gasteiger partial charge in [-0.2, -0.15) is 0 Å². The summed E-state index contributed by atoms with van der Waals surface area (Å²) >= 11 is 0. The average Bonchev–Trinajstić information content (AvgIpc) is 2.35. The van der Waals surface area contributed by atoms with E-state index in [9.17, 15) is 0 Å². The number of benzene rings is 1. The second kappa shape index (κ2) is 5.08. The number of hydrogen-bond acceptors (Lipinski definition) is 2. The Morgan fingerprint density at radius 1 is 1.25 bits per heavy atom. The zero-order valence-electron chi connectivity index (χ0n) is 9.69. The van der Waals surface area contributed by atoms with E-state index in [0.717, 1.165) is 24.8 Å². The summed E-state index contributed by atoms with van der Waals surface area (Å²) in [7, 11) is 0. The second-order valence-electron chi connectivity index (χ2n) is 4.19. The van der Waals surface area contributed by atoms with Crippen molar-refractivity contribution >= 4 is 10.9 Å². The number of nitrogens with two attached hydrogens (primary N) is 1. The zero-order valence-corrected chi connectivity index (χ0v) is 9.69. The van der Waals surface area contributed by atoms with Crippen molar-refractivity contribution in [3.8, 4) is 0 Å². The van der Waals surface area contributed by atoms with E-state index in [0.29, 0.717) is 6.04 Å². The highest BCUT2D eigenvalue weighted by atomic mass is 14.6.